The molecular formula is C26H18N2. The van der Waals surface area contributed by atoms with Gasteiger partial charge in [-0.1, -0.05) is 97.1 Å². The third-order valence-corrected chi connectivity index (χ3v) is 4.99. The molecule has 28 heavy (non-hydrogen) atoms. The molecule has 0 radical (unpaired) electrons. The quantitative estimate of drug-likeness (QED) is 0.292. The Morgan fingerprint density at radius 1 is 0.393 bits per heavy atom. The Bertz CT molecular complexity index is 1210. The van der Waals surface area contributed by atoms with Gasteiger partial charge in [-0.25, -0.2) is 0 Å². The van der Waals surface area contributed by atoms with E-state index >= 15 is 0 Å². The van der Waals surface area contributed by atoms with Crippen molar-refractivity contribution in [2.75, 3.05) is 0 Å². The second-order valence-electron chi connectivity index (χ2n) is 6.75. The van der Waals surface area contributed by atoms with E-state index in [1.807, 2.05) is 42.5 Å². The molecule has 2 nitrogen and oxygen atoms in total. The monoisotopic (exact) mass is 358 g/mol. The highest BCUT2D eigenvalue weighted by atomic mass is 15.1. The summed E-state index contributed by atoms with van der Waals surface area (Å²) < 4.78 is 0. The molecule has 0 atom stereocenters. The van der Waals surface area contributed by atoms with Crippen LogP contribution in [0.4, 0.5) is 11.4 Å². The van der Waals surface area contributed by atoms with Crippen molar-refractivity contribution in [3.63, 3.8) is 0 Å². The number of fused-ring (bicyclic) bond motifs is 2. The van der Waals surface area contributed by atoms with Gasteiger partial charge in [0.05, 0.1) is 5.69 Å². The van der Waals surface area contributed by atoms with Crippen LogP contribution in [0.5, 0.6) is 0 Å². The van der Waals surface area contributed by atoms with Crippen LogP contribution < -0.4 is 0 Å². The van der Waals surface area contributed by atoms with E-state index < -0.39 is 0 Å². The van der Waals surface area contributed by atoms with Crippen molar-refractivity contribution in [1.82, 2.24) is 0 Å². The van der Waals surface area contributed by atoms with Crippen LogP contribution in [0.3, 0.4) is 0 Å². The topological polar surface area (TPSA) is 24.7 Å². The summed E-state index contributed by atoms with van der Waals surface area (Å²) in [5, 5.41) is 9.38. The molecule has 1 aromatic carbocycles. The van der Waals surface area contributed by atoms with Crippen LogP contribution in [0, 0.1) is 0 Å². The van der Waals surface area contributed by atoms with Gasteiger partial charge >= 0.3 is 0 Å². The molecule has 0 aliphatic heterocycles. The largest absolute Gasteiger partial charge is 0.150 e. The predicted molar refractivity (Wildman–Crippen MR) is 116 cm³/mol. The Labute approximate surface area is 164 Å². The molecule has 4 aliphatic rings. The lowest BCUT2D eigenvalue weighted by molar-refractivity contribution is 1.25. The maximum absolute atomic E-state index is 4.74. The molecule has 0 saturated carbocycles. The van der Waals surface area contributed by atoms with Crippen molar-refractivity contribution in [1.29, 1.82) is 0 Å². The maximum Gasteiger partial charge on any atom is 0.101 e. The average Bonchev–Trinajstić information content (AvgIpc) is 3.06. The average molecular weight is 358 g/mol. The minimum absolute atomic E-state index is 0.889. The molecule has 2 heteroatoms. The highest BCUT2D eigenvalue weighted by Gasteiger charge is 2.16. The molecule has 0 aromatic heterocycles. The molecular weight excluding hydrogens is 340 g/mol. The molecule has 5 rings (SSSR count). The lowest BCUT2D eigenvalue weighted by Gasteiger charge is -2.01. The van der Waals surface area contributed by atoms with Crippen LogP contribution in [0.2, 0.25) is 0 Å². The molecule has 0 fully saturated rings. The Morgan fingerprint density at radius 2 is 0.964 bits per heavy atom. The molecule has 1 aromatic rings. The first-order valence-corrected chi connectivity index (χ1v) is 9.37. The second-order valence-corrected chi connectivity index (χ2v) is 6.75. The van der Waals surface area contributed by atoms with Crippen molar-refractivity contribution in [2.45, 2.75) is 0 Å². The number of nitrogens with zero attached hydrogens (tertiary/aromatic N) is 2. The number of benzene rings is 1. The summed E-state index contributed by atoms with van der Waals surface area (Å²) in [6, 6.07) is 37.4. The first kappa shape index (κ1) is 16.4. The summed E-state index contributed by atoms with van der Waals surface area (Å²) in [5.41, 5.74) is 8.59. The van der Waals surface area contributed by atoms with Gasteiger partial charge in [0, 0.05) is 16.7 Å². The van der Waals surface area contributed by atoms with Crippen LogP contribution in [-0.4, -0.2) is 0 Å². The van der Waals surface area contributed by atoms with Gasteiger partial charge in [-0.2, -0.15) is 0 Å². The summed E-state index contributed by atoms with van der Waals surface area (Å²) >= 11 is 0. The normalized spacial score (nSPS) is 11.4. The molecule has 0 spiro atoms. The SMILES string of the molecule is c1ccc(-c2cc3cccccc-3c2N=Nc2ccc3cccccc2-3)cc1. The van der Waals surface area contributed by atoms with Gasteiger partial charge in [0.2, 0.25) is 0 Å². The van der Waals surface area contributed by atoms with Crippen molar-refractivity contribution in [2.24, 2.45) is 10.2 Å². The zero-order valence-corrected chi connectivity index (χ0v) is 15.3. The predicted octanol–water partition coefficient (Wildman–Crippen LogP) is 7.98. The fourth-order valence-corrected chi connectivity index (χ4v) is 3.61. The fraction of sp³-hybridized carbons (Fsp3) is 0. The summed E-state index contributed by atoms with van der Waals surface area (Å²) in [7, 11) is 0. The highest BCUT2D eigenvalue weighted by molar-refractivity contribution is 5.94. The van der Waals surface area contributed by atoms with E-state index in [0.29, 0.717) is 0 Å². The third kappa shape index (κ3) is 2.95. The van der Waals surface area contributed by atoms with Gasteiger partial charge in [0.1, 0.15) is 5.69 Å². The van der Waals surface area contributed by atoms with E-state index in [0.717, 1.165) is 39.2 Å². The minimum Gasteiger partial charge on any atom is -0.150 e. The second kappa shape index (κ2) is 7.09. The summed E-state index contributed by atoms with van der Waals surface area (Å²) in [6.07, 6.45) is 0. The number of azo groups is 1. The highest BCUT2D eigenvalue weighted by Crippen LogP contribution is 2.45. The Kier molecular flexibility index (Phi) is 4.15. The van der Waals surface area contributed by atoms with Gasteiger partial charge in [0.15, 0.2) is 0 Å². The van der Waals surface area contributed by atoms with Gasteiger partial charge in [-0.15, -0.1) is 10.2 Å². The van der Waals surface area contributed by atoms with E-state index in [9.17, 15) is 0 Å². The zero-order valence-electron chi connectivity index (χ0n) is 15.3. The Balaban J connectivity index is 1.66. The first-order valence-electron chi connectivity index (χ1n) is 9.37. The van der Waals surface area contributed by atoms with Crippen LogP contribution in [-0.2, 0) is 0 Å². The van der Waals surface area contributed by atoms with Crippen LogP contribution >= 0.6 is 0 Å². The first-order chi connectivity index (χ1) is 13.9. The Morgan fingerprint density at radius 3 is 1.68 bits per heavy atom. The van der Waals surface area contributed by atoms with Crippen molar-refractivity contribution < 1.29 is 0 Å². The summed E-state index contributed by atoms with van der Waals surface area (Å²) in [6.45, 7) is 0. The van der Waals surface area contributed by atoms with Crippen LogP contribution in [0.25, 0.3) is 33.4 Å². The minimum atomic E-state index is 0.889. The molecule has 0 N–H and O–H groups in total. The zero-order chi connectivity index (χ0) is 18.8. The third-order valence-electron chi connectivity index (χ3n) is 4.99. The molecule has 4 aliphatic carbocycles. The van der Waals surface area contributed by atoms with E-state index in [1.54, 1.807) is 0 Å². The lowest BCUT2D eigenvalue weighted by Crippen LogP contribution is -1.73. The Hall–Kier alpha value is -3.78. The molecule has 0 bridgehead atoms. The van der Waals surface area contributed by atoms with Crippen LogP contribution in [0.15, 0.2) is 119 Å². The van der Waals surface area contributed by atoms with Gasteiger partial charge in [-0.05, 0) is 28.8 Å². The van der Waals surface area contributed by atoms with Crippen LogP contribution in [0.1, 0.15) is 0 Å². The number of rotatable bonds is 3. The summed E-state index contributed by atoms with van der Waals surface area (Å²) in [4.78, 5) is 0. The number of hydrogen-bond donors (Lipinski definition) is 0. The van der Waals surface area contributed by atoms with Gasteiger partial charge in [-0.3, -0.25) is 0 Å². The fourth-order valence-electron chi connectivity index (χ4n) is 3.61. The van der Waals surface area contributed by atoms with E-state index in [4.69, 9.17) is 5.11 Å². The van der Waals surface area contributed by atoms with Gasteiger partial charge in [0.25, 0.3) is 0 Å². The smallest absolute Gasteiger partial charge is 0.101 e. The molecule has 132 valence electrons. The molecule has 0 unspecified atom stereocenters. The van der Waals surface area contributed by atoms with Crippen molar-refractivity contribution in [3.05, 3.63) is 109 Å². The molecule has 0 amide bonds. The van der Waals surface area contributed by atoms with E-state index in [-0.39, 0.29) is 0 Å². The molecule has 0 heterocycles. The summed E-state index contributed by atoms with van der Waals surface area (Å²) in [5.74, 6) is 0. The molecule has 0 saturated heterocycles. The van der Waals surface area contributed by atoms with E-state index in [2.05, 4.69) is 71.8 Å². The van der Waals surface area contributed by atoms with Crippen molar-refractivity contribution in [3.8, 4) is 33.4 Å². The van der Waals surface area contributed by atoms with E-state index in [1.165, 1.54) is 5.56 Å². The van der Waals surface area contributed by atoms with Gasteiger partial charge < -0.3 is 0 Å². The maximum atomic E-state index is 4.74. The van der Waals surface area contributed by atoms with Crippen molar-refractivity contribution >= 4 is 11.4 Å². The standard InChI is InChI=1S/C26H18N2/c1-4-10-19(11-5-1)24-18-21-13-7-3-9-15-23(21)26(24)28-27-25-17-16-20-12-6-2-8-14-22(20)25/h1-18H. The lowest BCUT2D eigenvalue weighted by atomic mass is 10.1. The number of hydrogen-bond acceptors (Lipinski definition) is 2.